The summed E-state index contributed by atoms with van der Waals surface area (Å²) < 4.78 is 1.20. The normalized spacial score (nSPS) is 10.4. The smallest absolute Gasteiger partial charge is 0.390 e. The number of aryl methyl sites for hydroxylation is 1. The Kier molecular flexibility index (Phi) is 4.08. The van der Waals surface area contributed by atoms with Crippen LogP contribution in [0.25, 0.3) is 0 Å². The number of hydrogen-bond donors (Lipinski definition) is 2. The van der Waals surface area contributed by atoms with Gasteiger partial charge in [0.15, 0.2) is 0 Å². The Bertz CT molecular complexity index is 713. The number of nitro groups is 1. The van der Waals surface area contributed by atoms with Crippen molar-refractivity contribution >= 4 is 29.0 Å². The highest BCUT2D eigenvalue weighted by atomic mass is 35.5. The van der Waals surface area contributed by atoms with Crippen LogP contribution in [-0.2, 0) is 11.3 Å². The molecule has 0 fully saturated rings. The van der Waals surface area contributed by atoms with Crippen LogP contribution in [0.4, 0.5) is 11.5 Å². The largest absolute Gasteiger partial charge is 0.506 e. The van der Waals surface area contributed by atoms with E-state index < -0.39 is 10.8 Å². The van der Waals surface area contributed by atoms with Crippen molar-refractivity contribution in [3.8, 4) is 5.75 Å². The number of aromatic nitrogens is 2. The minimum absolute atomic E-state index is 0.129. The highest BCUT2D eigenvalue weighted by Crippen LogP contribution is 2.26. The van der Waals surface area contributed by atoms with Crippen molar-refractivity contribution in [2.75, 3.05) is 5.32 Å². The van der Waals surface area contributed by atoms with E-state index in [0.29, 0.717) is 10.7 Å². The van der Waals surface area contributed by atoms with Crippen molar-refractivity contribution < 1.29 is 14.8 Å². The lowest BCUT2D eigenvalue weighted by Crippen LogP contribution is -2.20. The van der Waals surface area contributed by atoms with Gasteiger partial charge in [-0.3, -0.25) is 4.79 Å². The maximum absolute atomic E-state index is 11.9. The summed E-state index contributed by atoms with van der Waals surface area (Å²) in [6.45, 7) is 1.38. The Morgan fingerprint density at radius 1 is 1.52 bits per heavy atom. The molecule has 0 aliphatic rings. The van der Waals surface area contributed by atoms with E-state index >= 15 is 0 Å². The number of phenolic OH excluding ortho intramolecular Hbond substituents is 1. The number of anilines is 1. The molecule has 2 N–H and O–H groups in total. The van der Waals surface area contributed by atoms with Gasteiger partial charge in [0.05, 0.1) is 22.5 Å². The van der Waals surface area contributed by atoms with Gasteiger partial charge in [0, 0.05) is 5.02 Å². The standard InChI is InChI=1S/C12H11ClN4O4/c1-7-4-11(17(20)21)15-16(7)6-12(19)14-9-5-8(13)2-3-10(9)18/h2-5,18H,6H2,1H3,(H,14,19). The van der Waals surface area contributed by atoms with E-state index in [-0.39, 0.29) is 23.8 Å². The Morgan fingerprint density at radius 2 is 2.24 bits per heavy atom. The van der Waals surface area contributed by atoms with E-state index in [2.05, 4.69) is 10.4 Å². The zero-order chi connectivity index (χ0) is 15.6. The fourth-order valence-corrected chi connectivity index (χ4v) is 1.85. The molecular formula is C12H11ClN4O4. The predicted molar refractivity (Wildman–Crippen MR) is 75.4 cm³/mol. The van der Waals surface area contributed by atoms with Gasteiger partial charge in [-0.15, -0.1) is 0 Å². The Balaban J connectivity index is 2.11. The number of hydrogen-bond acceptors (Lipinski definition) is 5. The summed E-state index contributed by atoms with van der Waals surface area (Å²) in [5, 5.41) is 26.7. The number of phenols is 1. The number of nitrogens with zero attached hydrogens (tertiary/aromatic N) is 3. The first kappa shape index (κ1) is 14.8. The summed E-state index contributed by atoms with van der Waals surface area (Å²) in [4.78, 5) is 21.9. The van der Waals surface area contributed by atoms with Crippen LogP contribution in [0, 0.1) is 17.0 Å². The lowest BCUT2D eigenvalue weighted by molar-refractivity contribution is -0.389. The van der Waals surface area contributed by atoms with Crippen LogP contribution >= 0.6 is 11.6 Å². The first-order chi connectivity index (χ1) is 9.86. The van der Waals surface area contributed by atoms with E-state index in [4.69, 9.17) is 11.6 Å². The molecule has 0 spiro atoms. The molecule has 0 radical (unpaired) electrons. The SMILES string of the molecule is Cc1cc([N+](=O)[O-])nn1CC(=O)Nc1cc(Cl)ccc1O. The van der Waals surface area contributed by atoms with Crippen LogP contribution in [0.2, 0.25) is 5.02 Å². The number of carbonyl (C=O) groups is 1. The van der Waals surface area contributed by atoms with Crippen LogP contribution in [0.5, 0.6) is 5.75 Å². The molecule has 0 saturated carbocycles. The second kappa shape index (κ2) is 5.80. The Hall–Kier alpha value is -2.61. The first-order valence-electron chi connectivity index (χ1n) is 5.84. The summed E-state index contributed by atoms with van der Waals surface area (Å²) in [6.07, 6.45) is 0. The quantitative estimate of drug-likeness (QED) is 0.510. The van der Waals surface area contributed by atoms with Crippen molar-refractivity contribution in [2.24, 2.45) is 0 Å². The molecule has 8 nitrogen and oxygen atoms in total. The van der Waals surface area contributed by atoms with Gasteiger partial charge in [0.25, 0.3) is 0 Å². The highest BCUT2D eigenvalue weighted by Gasteiger charge is 2.18. The summed E-state index contributed by atoms with van der Waals surface area (Å²) >= 11 is 5.77. The van der Waals surface area contributed by atoms with Gasteiger partial charge in [0.2, 0.25) is 5.91 Å². The molecule has 1 aromatic carbocycles. The highest BCUT2D eigenvalue weighted by molar-refractivity contribution is 6.31. The third kappa shape index (κ3) is 3.48. The number of benzene rings is 1. The van der Waals surface area contributed by atoms with Crippen molar-refractivity contribution in [2.45, 2.75) is 13.5 Å². The molecule has 0 aliphatic carbocycles. The maximum atomic E-state index is 11.9. The van der Waals surface area contributed by atoms with Crippen molar-refractivity contribution in [3.63, 3.8) is 0 Å². The van der Waals surface area contributed by atoms with Gasteiger partial charge >= 0.3 is 5.82 Å². The minimum Gasteiger partial charge on any atom is -0.506 e. The molecule has 21 heavy (non-hydrogen) atoms. The van der Waals surface area contributed by atoms with E-state index in [1.54, 1.807) is 6.92 Å². The zero-order valence-corrected chi connectivity index (χ0v) is 11.7. The molecule has 2 aromatic rings. The predicted octanol–water partition coefficient (Wildman–Crippen LogP) is 2.10. The van der Waals surface area contributed by atoms with Crippen molar-refractivity contribution in [1.82, 2.24) is 9.78 Å². The molecule has 0 unspecified atom stereocenters. The number of carbonyl (C=O) groups excluding carboxylic acids is 1. The van der Waals surface area contributed by atoms with Crippen LogP contribution in [0.3, 0.4) is 0 Å². The summed E-state index contributed by atoms with van der Waals surface area (Å²) in [5.41, 5.74) is 0.638. The van der Waals surface area contributed by atoms with E-state index in [1.165, 1.54) is 28.9 Å². The molecule has 0 aliphatic heterocycles. The molecule has 110 valence electrons. The molecule has 0 atom stereocenters. The fraction of sp³-hybridized carbons (Fsp3) is 0.167. The Labute approximate surface area is 124 Å². The van der Waals surface area contributed by atoms with Gasteiger partial charge in [-0.1, -0.05) is 11.6 Å². The van der Waals surface area contributed by atoms with Crippen molar-refractivity contribution in [3.05, 3.63) is 45.1 Å². The molecule has 9 heteroatoms. The lowest BCUT2D eigenvalue weighted by atomic mass is 10.3. The number of amides is 1. The third-order valence-electron chi connectivity index (χ3n) is 2.68. The van der Waals surface area contributed by atoms with Crippen LogP contribution < -0.4 is 5.32 Å². The molecule has 2 rings (SSSR count). The molecule has 1 amide bonds. The topological polar surface area (TPSA) is 110 Å². The minimum atomic E-state index is -0.635. The van der Waals surface area contributed by atoms with E-state index in [0.717, 1.165) is 0 Å². The first-order valence-corrected chi connectivity index (χ1v) is 6.22. The average Bonchev–Trinajstić information content (AvgIpc) is 2.75. The monoisotopic (exact) mass is 310 g/mol. The van der Waals surface area contributed by atoms with Gasteiger partial charge < -0.3 is 20.5 Å². The van der Waals surface area contributed by atoms with Gasteiger partial charge in [-0.25, -0.2) is 0 Å². The summed E-state index contributed by atoms with van der Waals surface area (Å²) in [7, 11) is 0. The van der Waals surface area contributed by atoms with Gasteiger partial charge in [-0.05, 0) is 30.0 Å². The van der Waals surface area contributed by atoms with Gasteiger partial charge in [-0.2, -0.15) is 4.68 Å². The van der Waals surface area contributed by atoms with Crippen LogP contribution in [0.15, 0.2) is 24.3 Å². The third-order valence-corrected chi connectivity index (χ3v) is 2.92. The maximum Gasteiger partial charge on any atom is 0.390 e. The van der Waals surface area contributed by atoms with Crippen LogP contribution in [-0.4, -0.2) is 25.7 Å². The van der Waals surface area contributed by atoms with Crippen molar-refractivity contribution in [1.29, 1.82) is 0 Å². The number of rotatable bonds is 4. The van der Waals surface area contributed by atoms with E-state index in [9.17, 15) is 20.0 Å². The summed E-state index contributed by atoms with van der Waals surface area (Å²) in [6, 6.07) is 5.49. The molecule has 1 heterocycles. The van der Waals surface area contributed by atoms with Gasteiger partial charge in [0.1, 0.15) is 12.3 Å². The number of aromatic hydroxyl groups is 1. The number of nitrogens with one attached hydrogen (secondary N) is 1. The molecule has 1 aromatic heterocycles. The van der Waals surface area contributed by atoms with E-state index in [1.807, 2.05) is 0 Å². The molecule has 0 saturated heterocycles. The lowest BCUT2D eigenvalue weighted by Gasteiger charge is -2.07. The summed E-state index contributed by atoms with van der Waals surface area (Å²) in [5.74, 6) is -0.949. The fourth-order valence-electron chi connectivity index (χ4n) is 1.68. The zero-order valence-electron chi connectivity index (χ0n) is 10.9. The average molecular weight is 311 g/mol. The second-order valence-corrected chi connectivity index (χ2v) is 4.70. The number of halogens is 1. The Morgan fingerprint density at radius 3 is 2.86 bits per heavy atom. The molecule has 0 bridgehead atoms. The second-order valence-electron chi connectivity index (χ2n) is 4.27. The molecular weight excluding hydrogens is 300 g/mol. The van der Waals surface area contributed by atoms with Crippen LogP contribution in [0.1, 0.15) is 5.69 Å².